The Kier molecular flexibility index (Phi) is 4.65. The van der Waals surface area contributed by atoms with E-state index in [1.807, 2.05) is 53.9 Å². The van der Waals surface area contributed by atoms with Gasteiger partial charge in [-0.1, -0.05) is 31.2 Å². The first-order valence-electron chi connectivity index (χ1n) is 9.20. The maximum atomic E-state index is 13.8. The molecule has 0 aliphatic carbocycles. The van der Waals surface area contributed by atoms with Crippen molar-refractivity contribution in [3.63, 3.8) is 0 Å². The second-order valence-corrected chi connectivity index (χ2v) is 6.76. The summed E-state index contributed by atoms with van der Waals surface area (Å²) >= 11 is 0. The minimum Gasteiger partial charge on any atom is -0.306 e. The first-order valence-corrected chi connectivity index (χ1v) is 9.20. The number of benzene rings is 2. The summed E-state index contributed by atoms with van der Waals surface area (Å²) in [4.78, 5) is 17.5. The van der Waals surface area contributed by atoms with Crippen LogP contribution in [-0.2, 0) is 6.42 Å². The number of pyridine rings is 1. The van der Waals surface area contributed by atoms with E-state index in [1.54, 1.807) is 12.1 Å². The molecular weight excluding hydrogens is 353 g/mol. The molecule has 28 heavy (non-hydrogen) atoms. The van der Waals surface area contributed by atoms with E-state index in [-0.39, 0.29) is 11.7 Å². The van der Waals surface area contributed by atoms with Gasteiger partial charge in [-0.05, 0) is 60.9 Å². The fraction of sp³-hybridized carbons (Fsp3) is 0.130. The number of carbonyl (C=O) groups is 1. The smallest absolute Gasteiger partial charge is 0.256 e. The SMILES string of the molecule is CCc1ccc(C(=O)Nc2c(-c3cccc(F)c3)nc3cc(C)ccn23)cc1. The summed E-state index contributed by atoms with van der Waals surface area (Å²) in [6, 6.07) is 17.6. The zero-order valence-electron chi connectivity index (χ0n) is 15.7. The van der Waals surface area contributed by atoms with Crippen molar-refractivity contribution in [2.45, 2.75) is 20.3 Å². The lowest BCUT2D eigenvalue weighted by Gasteiger charge is -2.09. The third-order valence-electron chi connectivity index (χ3n) is 4.74. The Morgan fingerprint density at radius 1 is 1.11 bits per heavy atom. The predicted molar refractivity (Wildman–Crippen MR) is 109 cm³/mol. The molecule has 2 aromatic carbocycles. The van der Waals surface area contributed by atoms with Crippen LogP contribution in [0.4, 0.5) is 10.2 Å². The van der Waals surface area contributed by atoms with Crippen LogP contribution in [0.2, 0.25) is 0 Å². The molecule has 4 nitrogen and oxygen atoms in total. The Labute approximate surface area is 162 Å². The Balaban J connectivity index is 1.79. The number of aromatic nitrogens is 2. The fourth-order valence-electron chi connectivity index (χ4n) is 3.17. The quantitative estimate of drug-likeness (QED) is 0.530. The average Bonchev–Trinajstić information content (AvgIpc) is 3.05. The van der Waals surface area contributed by atoms with Gasteiger partial charge in [-0.15, -0.1) is 0 Å². The molecule has 0 bridgehead atoms. The van der Waals surface area contributed by atoms with E-state index < -0.39 is 0 Å². The molecule has 5 heteroatoms. The maximum absolute atomic E-state index is 13.8. The highest BCUT2D eigenvalue weighted by Crippen LogP contribution is 2.30. The molecule has 1 amide bonds. The summed E-state index contributed by atoms with van der Waals surface area (Å²) in [5.74, 6) is -0.0639. The second kappa shape index (κ2) is 7.27. The molecule has 0 atom stereocenters. The van der Waals surface area contributed by atoms with E-state index in [4.69, 9.17) is 0 Å². The molecule has 4 aromatic rings. The Bertz CT molecular complexity index is 1160. The van der Waals surface area contributed by atoms with Gasteiger partial charge < -0.3 is 5.32 Å². The van der Waals surface area contributed by atoms with Crippen molar-refractivity contribution in [2.75, 3.05) is 5.32 Å². The second-order valence-electron chi connectivity index (χ2n) is 6.76. The van der Waals surface area contributed by atoms with Crippen LogP contribution in [0.5, 0.6) is 0 Å². The van der Waals surface area contributed by atoms with Crippen LogP contribution < -0.4 is 5.32 Å². The van der Waals surface area contributed by atoms with Crippen LogP contribution in [0.3, 0.4) is 0 Å². The van der Waals surface area contributed by atoms with Crippen molar-refractivity contribution in [2.24, 2.45) is 0 Å². The largest absolute Gasteiger partial charge is 0.306 e. The summed E-state index contributed by atoms with van der Waals surface area (Å²) in [6.45, 7) is 4.05. The van der Waals surface area contributed by atoms with Crippen LogP contribution in [0, 0.1) is 12.7 Å². The van der Waals surface area contributed by atoms with Gasteiger partial charge in [0.2, 0.25) is 0 Å². The molecule has 2 heterocycles. The summed E-state index contributed by atoms with van der Waals surface area (Å²) in [5.41, 5.74) is 4.61. The van der Waals surface area contributed by atoms with E-state index in [2.05, 4.69) is 17.2 Å². The van der Waals surface area contributed by atoms with E-state index in [0.29, 0.717) is 28.3 Å². The number of anilines is 1. The van der Waals surface area contributed by atoms with E-state index in [1.165, 1.54) is 17.7 Å². The van der Waals surface area contributed by atoms with Gasteiger partial charge >= 0.3 is 0 Å². The van der Waals surface area contributed by atoms with Crippen molar-refractivity contribution in [1.82, 2.24) is 9.38 Å². The Morgan fingerprint density at radius 3 is 2.61 bits per heavy atom. The normalized spacial score (nSPS) is 11.0. The van der Waals surface area contributed by atoms with Gasteiger partial charge in [0.15, 0.2) is 0 Å². The van der Waals surface area contributed by atoms with Gasteiger partial charge in [-0.25, -0.2) is 9.37 Å². The van der Waals surface area contributed by atoms with Crippen LogP contribution in [0.1, 0.15) is 28.4 Å². The third-order valence-corrected chi connectivity index (χ3v) is 4.74. The number of halogens is 1. The third kappa shape index (κ3) is 3.39. The van der Waals surface area contributed by atoms with Gasteiger partial charge in [-0.2, -0.15) is 0 Å². The number of imidazole rings is 1. The lowest BCUT2D eigenvalue weighted by Crippen LogP contribution is -2.14. The maximum Gasteiger partial charge on any atom is 0.256 e. The van der Waals surface area contributed by atoms with Gasteiger partial charge in [0.25, 0.3) is 5.91 Å². The van der Waals surface area contributed by atoms with Crippen molar-refractivity contribution >= 4 is 17.4 Å². The van der Waals surface area contributed by atoms with E-state index in [9.17, 15) is 9.18 Å². The highest BCUT2D eigenvalue weighted by Gasteiger charge is 2.18. The molecule has 0 unspecified atom stereocenters. The molecule has 0 aliphatic rings. The molecule has 0 saturated heterocycles. The number of hydrogen-bond donors (Lipinski definition) is 1. The summed E-state index contributed by atoms with van der Waals surface area (Å²) in [6.07, 6.45) is 2.77. The monoisotopic (exact) mass is 373 g/mol. The molecule has 0 saturated carbocycles. The number of rotatable bonds is 4. The van der Waals surface area contributed by atoms with Gasteiger partial charge in [0.1, 0.15) is 23.0 Å². The van der Waals surface area contributed by atoms with Crippen molar-refractivity contribution in [1.29, 1.82) is 0 Å². The molecular formula is C23H20FN3O. The first kappa shape index (κ1) is 17.9. The summed E-state index contributed by atoms with van der Waals surface area (Å²) in [7, 11) is 0. The van der Waals surface area contributed by atoms with E-state index in [0.717, 1.165) is 12.0 Å². The molecule has 0 aliphatic heterocycles. The number of carbonyl (C=O) groups excluding carboxylic acids is 1. The molecule has 0 radical (unpaired) electrons. The lowest BCUT2D eigenvalue weighted by molar-refractivity contribution is 0.102. The van der Waals surface area contributed by atoms with Crippen LogP contribution in [0.25, 0.3) is 16.9 Å². The highest BCUT2D eigenvalue weighted by molar-refractivity contribution is 6.05. The standard InChI is InChI=1S/C23H20FN3O/c1-3-16-7-9-17(10-8-16)23(28)26-22-21(18-5-4-6-19(24)14-18)25-20-13-15(2)11-12-27(20)22/h4-14H,3H2,1-2H3,(H,26,28). The van der Waals surface area contributed by atoms with Crippen LogP contribution >= 0.6 is 0 Å². The number of hydrogen-bond acceptors (Lipinski definition) is 2. The molecule has 0 fully saturated rings. The number of nitrogens with one attached hydrogen (secondary N) is 1. The van der Waals surface area contributed by atoms with Crippen molar-refractivity contribution < 1.29 is 9.18 Å². The van der Waals surface area contributed by atoms with Gasteiger partial charge in [0, 0.05) is 17.3 Å². The first-order chi connectivity index (χ1) is 13.5. The van der Waals surface area contributed by atoms with Gasteiger partial charge in [-0.3, -0.25) is 9.20 Å². The fourth-order valence-corrected chi connectivity index (χ4v) is 3.17. The number of fused-ring (bicyclic) bond motifs is 1. The number of aryl methyl sites for hydroxylation is 2. The number of nitrogens with zero attached hydrogens (tertiary/aromatic N) is 2. The van der Waals surface area contributed by atoms with Gasteiger partial charge in [0.05, 0.1) is 0 Å². The summed E-state index contributed by atoms with van der Waals surface area (Å²) < 4.78 is 15.6. The molecule has 0 spiro atoms. The minimum absolute atomic E-state index is 0.234. The van der Waals surface area contributed by atoms with Crippen molar-refractivity contribution in [3.8, 4) is 11.3 Å². The molecule has 2 aromatic heterocycles. The lowest BCUT2D eigenvalue weighted by atomic mass is 10.1. The molecule has 4 rings (SSSR count). The van der Waals surface area contributed by atoms with E-state index >= 15 is 0 Å². The molecule has 1 N–H and O–H groups in total. The zero-order valence-corrected chi connectivity index (χ0v) is 15.7. The summed E-state index contributed by atoms with van der Waals surface area (Å²) in [5, 5.41) is 2.96. The Morgan fingerprint density at radius 2 is 1.89 bits per heavy atom. The molecule has 140 valence electrons. The Hall–Kier alpha value is -3.47. The average molecular weight is 373 g/mol. The van der Waals surface area contributed by atoms with Crippen molar-refractivity contribution in [3.05, 3.63) is 89.4 Å². The zero-order chi connectivity index (χ0) is 19.7. The number of amides is 1. The minimum atomic E-state index is -0.349. The topological polar surface area (TPSA) is 46.4 Å². The van der Waals surface area contributed by atoms with Crippen LogP contribution in [0.15, 0.2) is 66.9 Å². The van der Waals surface area contributed by atoms with Crippen LogP contribution in [-0.4, -0.2) is 15.3 Å². The highest BCUT2D eigenvalue weighted by atomic mass is 19.1. The predicted octanol–water partition coefficient (Wildman–Crippen LogP) is 5.26.